The second-order valence-corrected chi connectivity index (χ2v) is 24.3. The zero-order chi connectivity index (χ0) is 48.2. The molecular formula is C54H88N4O7. The minimum atomic E-state index is -1.12. The lowest BCUT2D eigenvalue weighted by Gasteiger charge is -2.38. The molecule has 4 heterocycles. The average molecular weight is 905 g/mol. The number of carbonyl (C=O) groups excluding carboxylic acids is 6. The second-order valence-electron chi connectivity index (χ2n) is 24.3. The maximum Gasteiger partial charge on any atom is 0.285 e. The van der Waals surface area contributed by atoms with Gasteiger partial charge in [0.05, 0.1) is 18.2 Å². The molecule has 6 aliphatic rings. The zero-order valence-corrected chi connectivity index (χ0v) is 42.2. The molecule has 6 rings (SSSR count). The third kappa shape index (κ3) is 11.9. The smallest absolute Gasteiger partial charge is 0.285 e. The van der Waals surface area contributed by atoms with Gasteiger partial charge in [-0.25, -0.2) is 0 Å². The highest BCUT2D eigenvalue weighted by Crippen LogP contribution is 2.66. The highest BCUT2D eigenvalue weighted by molar-refractivity contribution is 6.36. The summed E-state index contributed by atoms with van der Waals surface area (Å²) in [7, 11) is 0. The van der Waals surface area contributed by atoms with Crippen molar-refractivity contribution < 1.29 is 33.9 Å². The summed E-state index contributed by atoms with van der Waals surface area (Å²) in [5.41, 5.74) is 5.20. The number of ketones is 3. The van der Waals surface area contributed by atoms with Gasteiger partial charge in [-0.2, -0.15) is 5.26 Å². The van der Waals surface area contributed by atoms with Crippen molar-refractivity contribution in [2.24, 2.45) is 74.7 Å². The van der Waals surface area contributed by atoms with Gasteiger partial charge < -0.3 is 20.6 Å². The molecule has 4 aliphatic heterocycles. The molecular weight excluding hydrogens is 817 g/mol. The lowest BCUT2D eigenvalue weighted by atomic mass is 9.75. The van der Waals surface area contributed by atoms with Gasteiger partial charge >= 0.3 is 0 Å². The van der Waals surface area contributed by atoms with Gasteiger partial charge in [0.1, 0.15) is 6.10 Å². The number of nitrogens with two attached hydrogens (primary N) is 1. The molecule has 3 amide bonds. The van der Waals surface area contributed by atoms with Crippen LogP contribution in [0, 0.1) is 80.3 Å². The van der Waals surface area contributed by atoms with Crippen LogP contribution in [-0.2, 0) is 28.8 Å². The van der Waals surface area contributed by atoms with Crippen molar-refractivity contribution in [1.82, 2.24) is 9.80 Å². The molecule has 0 aromatic heterocycles. The molecule has 3 unspecified atom stereocenters. The van der Waals surface area contributed by atoms with Crippen LogP contribution in [-0.4, -0.2) is 81.3 Å². The van der Waals surface area contributed by atoms with Crippen molar-refractivity contribution >= 4 is 35.1 Å². The number of rotatable bonds is 3. The lowest BCUT2D eigenvalue weighted by molar-refractivity contribution is -0.146. The van der Waals surface area contributed by atoms with Crippen LogP contribution in [0.15, 0.2) is 0 Å². The molecule has 6 fully saturated rings. The van der Waals surface area contributed by atoms with Crippen LogP contribution < -0.4 is 5.73 Å². The van der Waals surface area contributed by atoms with Gasteiger partial charge in [0.15, 0.2) is 11.6 Å². The van der Waals surface area contributed by atoms with Crippen LogP contribution in [0.3, 0.4) is 0 Å². The molecule has 0 aromatic carbocycles. The molecule has 0 bridgehead atoms. The highest BCUT2D eigenvalue weighted by atomic mass is 16.3. The first-order valence-electron chi connectivity index (χ1n) is 26.0. The van der Waals surface area contributed by atoms with E-state index in [1.807, 2.05) is 29.7 Å². The summed E-state index contributed by atoms with van der Waals surface area (Å²) in [5, 5.41) is 19.6. The fourth-order valence-corrected chi connectivity index (χ4v) is 12.8. The van der Waals surface area contributed by atoms with Crippen LogP contribution in [0.25, 0.3) is 0 Å². The van der Waals surface area contributed by atoms with Gasteiger partial charge in [-0.1, -0.05) is 159 Å². The van der Waals surface area contributed by atoms with Gasteiger partial charge in [0.2, 0.25) is 17.6 Å². The fraction of sp³-hybridized carbons (Fsp3) is 0.870. The van der Waals surface area contributed by atoms with E-state index in [2.05, 4.69) is 55.4 Å². The van der Waals surface area contributed by atoms with Crippen LogP contribution in [0.5, 0.6) is 0 Å². The number of hydrogen-bond donors (Lipinski definition) is 2. The van der Waals surface area contributed by atoms with Crippen LogP contribution in [0.1, 0.15) is 198 Å². The highest BCUT2D eigenvalue weighted by Gasteiger charge is 2.70. The predicted molar refractivity (Wildman–Crippen MR) is 254 cm³/mol. The van der Waals surface area contributed by atoms with Crippen molar-refractivity contribution in [2.75, 3.05) is 13.1 Å². The van der Waals surface area contributed by atoms with E-state index in [0.29, 0.717) is 37.8 Å². The van der Waals surface area contributed by atoms with E-state index in [4.69, 9.17) is 5.73 Å². The Morgan fingerprint density at radius 3 is 1.38 bits per heavy atom. The van der Waals surface area contributed by atoms with Crippen LogP contribution >= 0.6 is 0 Å². The molecule has 0 radical (unpaired) electrons. The maximum absolute atomic E-state index is 13.7. The Morgan fingerprint density at radius 2 is 0.985 bits per heavy atom. The van der Waals surface area contributed by atoms with E-state index in [9.17, 15) is 39.1 Å². The van der Waals surface area contributed by atoms with Crippen molar-refractivity contribution in [3.8, 4) is 6.07 Å². The Bertz CT molecular complexity index is 1780. The minimum Gasteiger partial charge on any atom is -0.378 e. The Balaban J connectivity index is 0.000000244. The third-order valence-corrected chi connectivity index (χ3v) is 18.6. The monoisotopic (exact) mass is 905 g/mol. The van der Waals surface area contributed by atoms with Crippen molar-refractivity contribution in [3.05, 3.63) is 0 Å². The number of nitriles is 1. The predicted octanol–water partition coefficient (Wildman–Crippen LogP) is 9.40. The molecule has 11 heteroatoms. The number of fused-ring (bicyclic) bond motifs is 6. The number of hydrogen-bond acceptors (Lipinski definition) is 8. The maximum atomic E-state index is 13.7. The molecule has 11 nitrogen and oxygen atoms in total. The average Bonchev–Trinajstić information content (AvgIpc) is 3.70. The van der Waals surface area contributed by atoms with Gasteiger partial charge in [-0.3, -0.25) is 28.8 Å². The van der Waals surface area contributed by atoms with Gasteiger partial charge in [-0.05, 0) is 71.0 Å². The van der Waals surface area contributed by atoms with Crippen LogP contribution in [0.4, 0.5) is 0 Å². The first-order chi connectivity index (χ1) is 30.4. The molecule has 3 N–H and O–H groups in total. The standard InChI is InChI=1S/C27H44N2O4.C27H44N2O3/c1-17-25(33)29-16-19-21(27(19,4)5)22(29)20(30)15-18(23(31)24(28)32)13-11-9-7-6-8-10-12-14-26(17,2)3;1-18-25(32)29-17-20-23(27(20,4)5)24(29)21(30)15-19(22(31)16-28)13-11-9-7-6-8-10-12-14-26(18,2)3/h17-19,21-22H,6-16H2,1-5H3,(H2,28,32);18-20,22-24,31H,6-15,17H2,1-5H3/t17-,18-,19?,21+,22-;18-,19-,20?,22?,23+,24-/m11/s1. The Labute approximate surface area is 392 Å². The number of carbonyl (C=O) groups is 6. The van der Waals surface area contributed by atoms with Crippen molar-refractivity contribution in [1.29, 1.82) is 5.26 Å². The number of aliphatic hydroxyl groups excluding tert-OH is 1. The molecule has 0 aromatic rings. The van der Waals surface area contributed by atoms with E-state index in [-0.39, 0.29) is 87.5 Å². The number of nitrogens with zero attached hydrogens (tertiary/aromatic N) is 3. The topological polar surface area (TPSA) is 179 Å². The van der Waals surface area contributed by atoms with E-state index >= 15 is 0 Å². The second kappa shape index (κ2) is 21.4. The summed E-state index contributed by atoms with van der Waals surface area (Å²) >= 11 is 0. The lowest BCUT2D eigenvalue weighted by Crippen LogP contribution is -2.50. The SMILES string of the molecule is C[C@@H]1C(=O)N2CC3[C@@H]([C@H]2C(=O)C[C@H](C(=O)C(N)=O)CCCCCCCCCC1(C)C)C3(C)C.C[C@@H]1C(=O)N2CC3[C@@H]([C@H]2C(=O)C[C@H](C(O)C#N)CCCCCCCCCC1(C)C)C3(C)C. The summed E-state index contributed by atoms with van der Waals surface area (Å²) in [5.74, 6) is -1.73. The molecule has 65 heavy (non-hydrogen) atoms. The summed E-state index contributed by atoms with van der Waals surface area (Å²) < 4.78 is 0. The molecule has 0 spiro atoms. The Morgan fingerprint density at radius 1 is 0.615 bits per heavy atom. The number of amides is 3. The Kier molecular flexibility index (Phi) is 17.4. The number of aliphatic hydroxyl groups is 1. The molecule has 366 valence electrons. The van der Waals surface area contributed by atoms with E-state index in [1.54, 1.807) is 0 Å². The quantitative estimate of drug-likeness (QED) is 0.208. The summed E-state index contributed by atoms with van der Waals surface area (Å²) in [6.45, 7) is 22.8. The molecule has 4 saturated heterocycles. The fourth-order valence-electron chi connectivity index (χ4n) is 12.8. The minimum absolute atomic E-state index is 0.00724. The Hall–Kier alpha value is -3.13. The zero-order valence-electron chi connectivity index (χ0n) is 42.2. The first kappa shape index (κ1) is 52.8. The van der Waals surface area contributed by atoms with Gasteiger partial charge in [0, 0.05) is 49.6 Å². The van der Waals surface area contributed by atoms with E-state index < -0.39 is 35.8 Å². The first-order valence-corrected chi connectivity index (χ1v) is 26.0. The summed E-state index contributed by atoms with van der Waals surface area (Å²) in [6, 6.07) is 1.07. The van der Waals surface area contributed by atoms with Gasteiger partial charge in [0.25, 0.3) is 5.91 Å². The van der Waals surface area contributed by atoms with E-state index in [1.165, 1.54) is 25.7 Å². The third-order valence-electron chi connectivity index (χ3n) is 18.6. The van der Waals surface area contributed by atoms with Crippen LogP contribution in [0.2, 0.25) is 0 Å². The molecule has 11 atom stereocenters. The summed E-state index contributed by atoms with van der Waals surface area (Å²) in [4.78, 5) is 82.4. The number of Topliss-reactive ketones (excluding diaryl/α,β-unsaturated/α-hetero) is 3. The largest absolute Gasteiger partial charge is 0.378 e. The normalized spacial score (nSPS) is 36.2. The molecule has 2 aliphatic carbocycles. The number of primary amides is 1. The molecule has 2 saturated carbocycles. The van der Waals surface area contributed by atoms with E-state index in [0.717, 1.165) is 77.0 Å². The van der Waals surface area contributed by atoms with Gasteiger partial charge in [-0.15, -0.1) is 0 Å². The summed E-state index contributed by atoms with van der Waals surface area (Å²) in [6.07, 6.45) is 17.7. The van der Waals surface area contributed by atoms with Crippen molar-refractivity contribution in [3.63, 3.8) is 0 Å². The van der Waals surface area contributed by atoms with Crippen molar-refractivity contribution in [2.45, 2.75) is 216 Å². The number of piperidine rings is 2.